The number of anilines is 1. The van der Waals surface area contributed by atoms with E-state index in [-0.39, 0.29) is 18.4 Å². The van der Waals surface area contributed by atoms with E-state index < -0.39 is 22.7 Å². The second-order valence-electron chi connectivity index (χ2n) is 8.78. The van der Waals surface area contributed by atoms with E-state index in [1.807, 2.05) is 4.90 Å². The number of likely N-dealkylation sites (tertiary alicyclic amines) is 1. The van der Waals surface area contributed by atoms with Gasteiger partial charge in [-0.2, -0.15) is 18.4 Å². The van der Waals surface area contributed by atoms with Gasteiger partial charge in [0.05, 0.1) is 36.5 Å². The van der Waals surface area contributed by atoms with Crippen LogP contribution in [0.1, 0.15) is 27.9 Å². The Bertz CT molecular complexity index is 1150. The normalized spacial score (nSPS) is 22.3. The molecule has 0 aromatic heterocycles. The zero-order valence-electron chi connectivity index (χ0n) is 18.4. The molecule has 6 nitrogen and oxygen atoms in total. The number of alkyl halides is 3. The summed E-state index contributed by atoms with van der Waals surface area (Å²) in [6.07, 6.45) is -4.13. The van der Waals surface area contributed by atoms with Gasteiger partial charge in [-0.15, -0.1) is 0 Å². The predicted molar refractivity (Wildman–Crippen MR) is 120 cm³/mol. The molecule has 4 rings (SSSR count). The highest BCUT2D eigenvalue weighted by Gasteiger charge is 2.50. The average Bonchev–Trinajstić information content (AvgIpc) is 3.22. The van der Waals surface area contributed by atoms with Gasteiger partial charge in [0.15, 0.2) is 0 Å². The maximum Gasteiger partial charge on any atom is 0.417 e. The minimum atomic E-state index is -4.64. The molecule has 2 aliphatic heterocycles. The van der Waals surface area contributed by atoms with Crippen LogP contribution in [0, 0.1) is 22.7 Å². The molecule has 34 heavy (non-hydrogen) atoms. The summed E-state index contributed by atoms with van der Waals surface area (Å²) in [6.45, 7) is 1.37. The Labute approximate surface area is 200 Å². The van der Waals surface area contributed by atoms with Crippen molar-refractivity contribution in [3.8, 4) is 11.8 Å². The van der Waals surface area contributed by atoms with Gasteiger partial charge >= 0.3 is 6.18 Å². The number of piperidine rings is 1. The van der Waals surface area contributed by atoms with E-state index in [0.717, 1.165) is 6.07 Å². The van der Waals surface area contributed by atoms with Crippen molar-refractivity contribution in [2.24, 2.45) is 11.3 Å². The van der Waals surface area contributed by atoms with Crippen LogP contribution in [0.15, 0.2) is 36.4 Å². The van der Waals surface area contributed by atoms with E-state index in [2.05, 4.69) is 0 Å². The Morgan fingerprint density at radius 1 is 1.29 bits per heavy atom. The number of methoxy groups -OCH3 is 1. The lowest BCUT2D eigenvalue weighted by molar-refractivity contribution is -0.137. The molecule has 2 atom stereocenters. The molecule has 2 aromatic rings. The number of benzene rings is 2. The number of nitrogens with zero attached hydrogens (tertiary/aromatic N) is 3. The fourth-order valence-corrected chi connectivity index (χ4v) is 5.17. The largest absolute Gasteiger partial charge is 0.496 e. The Hall–Kier alpha value is -2.96. The molecule has 0 aliphatic carbocycles. The molecule has 2 aromatic carbocycles. The number of hydrogen-bond donors (Lipinski definition) is 1. The van der Waals surface area contributed by atoms with Crippen molar-refractivity contribution in [3.05, 3.63) is 58.1 Å². The summed E-state index contributed by atoms with van der Waals surface area (Å²) < 4.78 is 45.6. The second-order valence-corrected chi connectivity index (χ2v) is 9.22. The third kappa shape index (κ3) is 4.28. The first-order valence-corrected chi connectivity index (χ1v) is 11.1. The maximum atomic E-state index is 13.4. The number of hydrogen-bond acceptors (Lipinski definition) is 5. The first kappa shape index (κ1) is 24.2. The first-order chi connectivity index (χ1) is 16.1. The van der Waals surface area contributed by atoms with E-state index in [4.69, 9.17) is 21.6 Å². The monoisotopic (exact) mass is 493 g/mol. The van der Waals surface area contributed by atoms with Crippen LogP contribution >= 0.6 is 11.6 Å². The molecule has 0 spiro atoms. The van der Waals surface area contributed by atoms with E-state index >= 15 is 0 Å². The number of aliphatic hydroxyl groups excluding tert-OH is 1. The van der Waals surface area contributed by atoms with Crippen molar-refractivity contribution < 1.29 is 27.8 Å². The van der Waals surface area contributed by atoms with E-state index in [1.165, 1.54) is 19.2 Å². The Morgan fingerprint density at radius 2 is 2.06 bits per heavy atom. The molecule has 0 unspecified atom stereocenters. The van der Waals surface area contributed by atoms with Crippen LogP contribution in [-0.2, 0) is 6.18 Å². The first-order valence-electron chi connectivity index (χ1n) is 10.7. The number of halogens is 4. The van der Waals surface area contributed by atoms with Gasteiger partial charge in [0.25, 0.3) is 5.91 Å². The molecule has 10 heteroatoms. The Balaban J connectivity index is 1.58. The summed E-state index contributed by atoms with van der Waals surface area (Å²) in [5.41, 5.74) is -1.21. The summed E-state index contributed by atoms with van der Waals surface area (Å²) in [6, 6.07) is 10.1. The van der Waals surface area contributed by atoms with Crippen molar-refractivity contribution in [3.63, 3.8) is 0 Å². The minimum absolute atomic E-state index is 0.131. The standard InChI is InChI=1S/C24H23ClF3N3O3/c1-34-21-8-17(25)3-5-19(21)22(33)31-12-16-11-30(7-6-23(16,13-31)14-32)18-4-2-15(10-29)20(9-18)24(26,27)28/h2-5,8-9,16,32H,6-7,11-14H2,1H3/t16-,23+/m1/s1. The lowest BCUT2D eigenvalue weighted by Gasteiger charge is -2.43. The molecule has 2 aliphatic rings. The van der Waals surface area contributed by atoms with E-state index in [1.54, 1.807) is 29.2 Å². The van der Waals surface area contributed by atoms with Crippen LogP contribution in [0.3, 0.4) is 0 Å². The lowest BCUT2D eigenvalue weighted by Crippen LogP contribution is -2.49. The van der Waals surface area contributed by atoms with Gasteiger partial charge in [-0.3, -0.25) is 4.79 Å². The molecule has 180 valence electrons. The zero-order valence-corrected chi connectivity index (χ0v) is 19.2. The van der Waals surface area contributed by atoms with E-state index in [0.29, 0.717) is 54.6 Å². The van der Waals surface area contributed by atoms with Gasteiger partial charge in [0.1, 0.15) is 5.75 Å². The van der Waals surface area contributed by atoms with Gasteiger partial charge in [-0.25, -0.2) is 0 Å². The molecular formula is C24H23ClF3N3O3. The van der Waals surface area contributed by atoms with Gasteiger partial charge in [0, 0.05) is 48.2 Å². The molecule has 0 saturated carbocycles. The summed E-state index contributed by atoms with van der Waals surface area (Å²) in [4.78, 5) is 16.8. The highest BCUT2D eigenvalue weighted by molar-refractivity contribution is 6.30. The van der Waals surface area contributed by atoms with Crippen LogP contribution in [-0.4, -0.2) is 55.8 Å². The lowest BCUT2D eigenvalue weighted by atomic mass is 9.73. The molecule has 2 heterocycles. The molecule has 2 saturated heterocycles. The van der Waals surface area contributed by atoms with Crippen molar-refractivity contribution >= 4 is 23.2 Å². The van der Waals surface area contributed by atoms with Gasteiger partial charge in [-0.1, -0.05) is 11.6 Å². The number of ether oxygens (including phenoxy) is 1. The highest BCUT2D eigenvalue weighted by Crippen LogP contribution is 2.45. The Kier molecular flexibility index (Phi) is 6.40. The number of amides is 1. The molecule has 0 bridgehead atoms. The van der Waals surface area contributed by atoms with Crippen molar-refractivity contribution in [1.82, 2.24) is 4.90 Å². The third-order valence-electron chi connectivity index (χ3n) is 6.92. The van der Waals surface area contributed by atoms with Crippen molar-refractivity contribution in [2.45, 2.75) is 12.6 Å². The van der Waals surface area contributed by atoms with Crippen LogP contribution in [0.5, 0.6) is 5.75 Å². The third-order valence-corrected chi connectivity index (χ3v) is 7.16. The zero-order chi connectivity index (χ0) is 24.7. The summed E-state index contributed by atoms with van der Waals surface area (Å²) in [5.74, 6) is -0.0391. The fourth-order valence-electron chi connectivity index (χ4n) is 5.00. The molecular weight excluding hydrogens is 471 g/mol. The van der Waals surface area contributed by atoms with Crippen molar-refractivity contribution in [2.75, 3.05) is 44.8 Å². The smallest absolute Gasteiger partial charge is 0.417 e. The van der Waals surface area contributed by atoms with E-state index in [9.17, 15) is 23.1 Å². The van der Waals surface area contributed by atoms with Gasteiger partial charge in [-0.05, 0) is 42.8 Å². The molecule has 2 fully saturated rings. The van der Waals surface area contributed by atoms with Crippen LogP contribution < -0.4 is 9.64 Å². The van der Waals surface area contributed by atoms with Gasteiger partial charge < -0.3 is 19.6 Å². The minimum Gasteiger partial charge on any atom is -0.496 e. The highest BCUT2D eigenvalue weighted by atomic mass is 35.5. The number of fused-ring (bicyclic) bond motifs is 1. The second kappa shape index (κ2) is 9.01. The van der Waals surface area contributed by atoms with Crippen LogP contribution in [0.2, 0.25) is 5.02 Å². The number of carbonyl (C=O) groups is 1. The molecule has 0 radical (unpaired) electrons. The SMILES string of the molecule is COc1cc(Cl)ccc1C(=O)N1C[C@H]2CN(c3ccc(C#N)c(C(F)(F)F)c3)CC[C@@]2(CO)C1. The van der Waals surface area contributed by atoms with Crippen LogP contribution in [0.25, 0.3) is 0 Å². The average molecular weight is 494 g/mol. The van der Waals surface area contributed by atoms with Gasteiger partial charge in [0.2, 0.25) is 0 Å². The summed E-state index contributed by atoms with van der Waals surface area (Å²) in [7, 11) is 1.45. The number of aliphatic hydroxyl groups is 1. The quantitative estimate of drug-likeness (QED) is 0.691. The number of nitriles is 1. The number of carbonyl (C=O) groups excluding carboxylic acids is 1. The van der Waals surface area contributed by atoms with Crippen molar-refractivity contribution in [1.29, 1.82) is 5.26 Å². The Morgan fingerprint density at radius 3 is 2.71 bits per heavy atom. The summed E-state index contributed by atoms with van der Waals surface area (Å²) >= 11 is 6.00. The molecule has 1 N–H and O–H groups in total. The van der Waals surface area contributed by atoms with Crippen LogP contribution in [0.4, 0.5) is 18.9 Å². The topological polar surface area (TPSA) is 76.8 Å². The fraction of sp³-hybridized carbons (Fsp3) is 0.417. The molecule has 1 amide bonds. The maximum absolute atomic E-state index is 13.4. The number of rotatable bonds is 4. The summed E-state index contributed by atoms with van der Waals surface area (Å²) in [5, 5.41) is 19.7. The predicted octanol–water partition coefficient (Wildman–Crippen LogP) is 4.20.